The maximum Gasteiger partial charge on any atom is 0.157 e. The second-order valence-electron chi connectivity index (χ2n) is 5.37. The van der Waals surface area contributed by atoms with Crippen molar-refractivity contribution < 1.29 is 9.84 Å². The van der Waals surface area contributed by atoms with Crippen LogP contribution in [0.4, 0.5) is 0 Å². The van der Waals surface area contributed by atoms with Crippen molar-refractivity contribution in [3.63, 3.8) is 0 Å². The van der Waals surface area contributed by atoms with E-state index >= 15 is 0 Å². The molecule has 15 heavy (non-hydrogen) atoms. The van der Waals surface area contributed by atoms with Crippen molar-refractivity contribution in [1.82, 2.24) is 0 Å². The van der Waals surface area contributed by atoms with Crippen LogP contribution in [0.1, 0.15) is 52.9 Å². The van der Waals surface area contributed by atoms with Crippen molar-refractivity contribution in [2.75, 3.05) is 6.61 Å². The van der Waals surface area contributed by atoms with Gasteiger partial charge in [-0.2, -0.15) is 0 Å². The number of rotatable bonds is 5. The molecular weight excluding hydrogens is 188 g/mol. The summed E-state index contributed by atoms with van der Waals surface area (Å²) >= 11 is 0. The Hall–Kier alpha value is -0.0800. The predicted molar refractivity (Wildman–Crippen MR) is 62.5 cm³/mol. The molecule has 0 aromatic carbocycles. The van der Waals surface area contributed by atoms with Crippen LogP contribution in [0.15, 0.2) is 0 Å². The van der Waals surface area contributed by atoms with Gasteiger partial charge in [0.25, 0.3) is 0 Å². The molecule has 1 saturated heterocycles. The highest BCUT2D eigenvalue weighted by molar-refractivity contribution is 4.72. The molecule has 1 unspecified atom stereocenters. The molecule has 1 aliphatic heterocycles. The summed E-state index contributed by atoms with van der Waals surface area (Å²) in [6.45, 7) is 7.52. The summed E-state index contributed by atoms with van der Waals surface area (Å²) in [5.41, 5.74) is 0. The molecular formula is C13H26O2. The molecule has 0 aromatic heterocycles. The van der Waals surface area contributed by atoms with Crippen LogP contribution < -0.4 is 0 Å². The zero-order valence-electron chi connectivity index (χ0n) is 10.4. The Labute approximate surface area is 94.0 Å². The van der Waals surface area contributed by atoms with Gasteiger partial charge in [-0.3, -0.25) is 0 Å². The van der Waals surface area contributed by atoms with Crippen LogP contribution in [0.2, 0.25) is 0 Å². The van der Waals surface area contributed by atoms with Crippen molar-refractivity contribution >= 4 is 0 Å². The van der Waals surface area contributed by atoms with E-state index in [0.717, 1.165) is 25.4 Å². The quantitative estimate of drug-likeness (QED) is 0.761. The van der Waals surface area contributed by atoms with Crippen LogP contribution in [0.3, 0.4) is 0 Å². The lowest BCUT2D eigenvalue weighted by atomic mass is 9.84. The van der Waals surface area contributed by atoms with E-state index in [2.05, 4.69) is 20.8 Å². The van der Waals surface area contributed by atoms with Crippen LogP contribution in [0, 0.1) is 17.8 Å². The second kappa shape index (κ2) is 6.49. The highest BCUT2D eigenvalue weighted by Gasteiger charge is 2.28. The van der Waals surface area contributed by atoms with Gasteiger partial charge in [0.15, 0.2) is 6.29 Å². The van der Waals surface area contributed by atoms with Gasteiger partial charge < -0.3 is 9.84 Å². The van der Waals surface area contributed by atoms with Crippen molar-refractivity contribution in [2.45, 2.75) is 59.2 Å². The van der Waals surface area contributed by atoms with Gasteiger partial charge in [-0.25, -0.2) is 0 Å². The molecule has 0 radical (unpaired) electrons. The molecule has 2 heteroatoms. The van der Waals surface area contributed by atoms with E-state index in [1.165, 1.54) is 19.3 Å². The van der Waals surface area contributed by atoms with Crippen LogP contribution in [-0.4, -0.2) is 18.0 Å². The Balaban J connectivity index is 2.22. The topological polar surface area (TPSA) is 29.5 Å². The molecule has 0 aromatic rings. The SMILES string of the molecule is CC(C)CCC[C@@H](C)[C@H]1CCCOC1O. The van der Waals surface area contributed by atoms with E-state index in [9.17, 15) is 5.11 Å². The number of hydrogen-bond donors (Lipinski definition) is 1. The van der Waals surface area contributed by atoms with Crippen molar-refractivity contribution in [1.29, 1.82) is 0 Å². The summed E-state index contributed by atoms with van der Waals surface area (Å²) in [7, 11) is 0. The van der Waals surface area contributed by atoms with Crippen LogP contribution in [-0.2, 0) is 4.74 Å². The Morgan fingerprint density at radius 2 is 2.00 bits per heavy atom. The molecule has 1 aliphatic rings. The standard InChI is InChI=1S/C13H26O2/c1-10(2)6-4-7-11(3)12-8-5-9-15-13(12)14/h10-14H,4-9H2,1-3H3/t11-,12-,13?/m1/s1. The van der Waals surface area contributed by atoms with Gasteiger partial charge in [-0.05, 0) is 24.7 Å². The summed E-state index contributed by atoms with van der Waals surface area (Å²) < 4.78 is 5.29. The van der Waals surface area contributed by atoms with E-state index in [0.29, 0.717) is 11.8 Å². The zero-order chi connectivity index (χ0) is 11.3. The lowest BCUT2D eigenvalue weighted by Crippen LogP contribution is -2.33. The number of ether oxygens (including phenoxy) is 1. The van der Waals surface area contributed by atoms with Crippen molar-refractivity contribution in [3.05, 3.63) is 0 Å². The van der Waals surface area contributed by atoms with Gasteiger partial charge in [0.2, 0.25) is 0 Å². The molecule has 1 heterocycles. The smallest absolute Gasteiger partial charge is 0.157 e. The average Bonchev–Trinajstić information content (AvgIpc) is 2.17. The molecule has 0 amide bonds. The fraction of sp³-hybridized carbons (Fsp3) is 1.00. The third kappa shape index (κ3) is 4.52. The molecule has 1 rings (SSSR count). The lowest BCUT2D eigenvalue weighted by molar-refractivity contribution is -0.170. The van der Waals surface area contributed by atoms with Crippen LogP contribution >= 0.6 is 0 Å². The number of aliphatic hydroxyl groups excluding tert-OH is 1. The summed E-state index contributed by atoms with van der Waals surface area (Å²) in [6, 6.07) is 0. The fourth-order valence-electron chi connectivity index (χ4n) is 2.42. The van der Waals surface area contributed by atoms with Gasteiger partial charge in [0.05, 0.1) is 0 Å². The Kier molecular flexibility index (Phi) is 5.62. The predicted octanol–water partition coefficient (Wildman–Crippen LogP) is 3.19. The molecule has 1 fully saturated rings. The fourth-order valence-corrected chi connectivity index (χ4v) is 2.42. The van der Waals surface area contributed by atoms with E-state index in [1.807, 2.05) is 0 Å². The summed E-state index contributed by atoms with van der Waals surface area (Å²) in [4.78, 5) is 0. The van der Waals surface area contributed by atoms with Crippen LogP contribution in [0.25, 0.3) is 0 Å². The minimum Gasteiger partial charge on any atom is -0.368 e. The van der Waals surface area contributed by atoms with Gasteiger partial charge in [0.1, 0.15) is 0 Å². The third-order valence-corrected chi connectivity index (χ3v) is 3.51. The molecule has 3 atom stereocenters. The molecule has 0 spiro atoms. The van der Waals surface area contributed by atoms with Gasteiger partial charge in [-0.1, -0.05) is 40.0 Å². The highest BCUT2D eigenvalue weighted by atomic mass is 16.6. The first-order valence-corrected chi connectivity index (χ1v) is 6.41. The summed E-state index contributed by atoms with van der Waals surface area (Å²) in [6.07, 6.45) is 5.53. The normalized spacial score (nSPS) is 29.4. The van der Waals surface area contributed by atoms with Crippen molar-refractivity contribution in [3.8, 4) is 0 Å². The Morgan fingerprint density at radius 3 is 2.60 bits per heavy atom. The van der Waals surface area contributed by atoms with Gasteiger partial charge >= 0.3 is 0 Å². The molecule has 0 bridgehead atoms. The van der Waals surface area contributed by atoms with Crippen LogP contribution in [0.5, 0.6) is 0 Å². The average molecular weight is 214 g/mol. The van der Waals surface area contributed by atoms with E-state index in [-0.39, 0.29) is 0 Å². The third-order valence-electron chi connectivity index (χ3n) is 3.51. The number of aliphatic hydroxyl groups is 1. The lowest BCUT2D eigenvalue weighted by Gasteiger charge is -2.32. The second-order valence-corrected chi connectivity index (χ2v) is 5.37. The molecule has 2 nitrogen and oxygen atoms in total. The molecule has 90 valence electrons. The first kappa shape index (κ1) is 13.0. The summed E-state index contributed by atoms with van der Waals surface area (Å²) in [5, 5.41) is 9.73. The molecule has 1 N–H and O–H groups in total. The molecule has 0 aliphatic carbocycles. The first-order valence-electron chi connectivity index (χ1n) is 6.41. The largest absolute Gasteiger partial charge is 0.368 e. The zero-order valence-corrected chi connectivity index (χ0v) is 10.4. The highest BCUT2D eigenvalue weighted by Crippen LogP contribution is 2.30. The monoisotopic (exact) mass is 214 g/mol. The van der Waals surface area contributed by atoms with Gasteiger partial charge in [0, 0.05) is 12.5 Å². The first-order chi connectivity index (χ1) is 7.11. The van der Waals surface area contributed by atoms with Crippen molar-refractivity contribution in [2.24, 2.45) is 17.8 Å². The Morgan fingerprint density at radius 1 is 1.27 bits per heavy atom. The van der Waals surface area contributed by atoms with Gasteiger partial charge in [-0.15, -0.1) is 0 Å². The number of hydrogen-bond acceptors (Lipinski definition) is 2. The molecule has 0 saturated carbocycles. The maximum atomic E-state index is 9.73. The maximum absolute atomic E-state index is 9.73. The minimum atomic E-state index is -0.507. The summed E-state index contributed by atoms with van der Waals surface area (Å²) in [5.74, 6) is 1.76. The van der Waals surface area contributed by atoms with E-state index in [4.69, 9.17) is 4.74 Å². The Bertz CT molecular complexity index is 168. The van der Waals surface area contributed by atoms with E-state index in [1.54, 1.807) is 0 Å². The van der Waals surface area contributed by atoms with E-state index < -0.39 is 6.29 Å². The minimum absolute atomic E-state index is 0.367.